The molecule has 0 spiro atoms. The van der Waals surface area contributed by atoms with Gasteiger partial charge in [0.2, 0.25) is 17.7 Å². The Morgan fingerprint density at radius 3 is 2.61 bits per heavy atom. The zero-order valence-corrected chi connectivity index (χ0v) is 20.4. The van der Waals surface area contributed by atoms with Crippen LogP contribution in [0.5, 0.6) is 0 Å². The molecule has 3 atom stereocenters. The van der Waals surface area contributed by atoms with Gasteiger partial charge in [-0.2, -0.15) is 0 Å². The van der Waals surface area contributed by atoms with Crippen molar-refractivity contribution in [2.45, 2.75) is 52.1 Å². The summed E-state index contributed by atoms with van der Waals surface area (Å²) in [5.41, 5.74) is 0.354. The lowest BCUT2D eigenvalue weighted by Crippen LogP contribution is -2.51. The molecule has 1 saturated heterocycles. The van der Waals surface area contributed by atoms with Crippen LogP contribution in [0.2, 0.25) is 10.0 Å². The SMILES string of the molecule is CC(C)(C)CC(NC(=O)/C=C/c1ccc(Cl)cc1Cl)C(=O)NC(C=NO)C[C@@H]1CCNC1=O. The first-order valence-electron chi connectivity index (χ1n) is 10.7. The van der Waals surface area contributed by atoms with Crippen molar-refractivity contribution in [1.29, 1.82) is 0 Å². The van der Waals surface area contributed by atoms with Gasteiger partial charge in [-0.25, -0.2) is 0 Å². The van der Waals surface area contributed by atoms with Crippen molar-refractivity contribution in [2.24, 2.45) is 16.5 Å². The summed E-state index contributed by atoms with van der Waals surface area (Å²) in [7, 11) is 0. The minimum atomic E-state index is -0.838. The van der Waals surface area contributed by atoms with Crippen LogP contribution in [-0.2, 0) is 14.4 Å². The molecule has 0 radical (unpaired) electrons. The Bertz CT molecular complexity index is 928. The molecular formula is C23H30Cl2N4O4. The van der Waals surface area contributed by atoms with Gasteiger partial charge in [-0.15, -0.1) is 0 Å². The third kappa shape index (κ3) is 9.06. The Balaban J connectivity index is 2.09. The van der Waals surface area contributed by atoms with Gasteiger partial charge in [0.25, 0.3) is 0 Å². The van der Waals surface area contributed by atoms with Crippen LogP contribution in [-0.4, -0.2) is 47.8 Å². The van der Waals surface area contributed by atoms with Crippen LogP contribution in [0.3, 0.4) is 0 Å². The van der Waals surface area contributed by atoms with E-state index in [1.165, 1.54) is 12.3 Å². The van der Waals surface area contributed by atoms with E-state index < -0.39 is 23.9 Å². The van der Waals surface area contributed by atoms with E-state index in [1.807, 2.05) is 20.8 Å². The Hall–Kier alpha value is -2.58. The summed E-state index contributed by atoms with van der Waals surface area (Å²) in [6.07, 6.45) is 5.33. The molecule has 1 aromatic carbocycles. The van der Waals surface area contributed by atoms with Gasteiger partial charge in [-0.1, -0.05) is 55.2 Å². The fourth-order valence-electron chi connectivity index (χ4n) is 3.54. The highest BCUT2D eigenvalue weighted by atomic mass is 35.5. The number of carbonyl (C=O) groups is 3. The molecule has 1 fully saturated rings. The molecule has 180 valence electrons. The van der Waals surface area contributed by atoms with Crippen molar-refractivity contribution in [3.63, 3.8) is 0 Å². The minimum Gasteiger partial charge on any atom is -0.411 e. The van der Waals surface area contributed by atoms with Gasteiger partial charge in [-0.05, 0) is 48.4 Å². The van der Waals surface area contributed by atoms with Crippen molar-refractivity contribution in [3.8, 4) is 0 Å². The molecule has 0 aliphatic carbocycles. The lowest BCUT2D eigenvalue weighted by Gasteiger charge is -2.27. The molecule has 2 unspecified atom stereocenters. The van der Waals surface area contributed by atoms with E-state index in [1.54, 1.807) is 24.3 Å². The molecule has 1 aliphatic rings. The zero-order chi connectivity index (χ0) is 24.6. The molecule has 8 nitrogen and oxygen atoms in total. The number of carbonyl (C=O) groups excluding carboxylic acids is 3. The van der Waals surface area contributed by atoms with Gasteiger partial charge >= 0.3 is 0 Å². The van der Waals surface area contributed by atoms with E-state index >= 15 is 0 Å². The number of amides is 3. The minimum absolute atomic E-state index is 0.0915. The molecule has 33 heavy (non-hydrogen) atoms. The maximum atomic E-state index is 13.0. The molecule has 0 bridgehead atoms. The van der Waals surface area contributed by atoms with E-state index in [-0.39, 0.29) is 17.2 Å². The van der Waals surface area contributed by atoms with E-state index in [2.05, 4.69) is 21.1 Å². The number of halogens is 2. The van der Waals surface area contributed by atoms with Crippen molar-refractivity contribution < 1.29 is 19.6 Å². The van der Waals surface area contributed by atoms with E-state index in [9.17, 15) is 14.4 Å². The molecule has 1 heterocycles. The highest BCUT2D eigenvalue weighted by Gasteiger charge is 2.30. The molecule has 0 saturated carbocycles. The van der Waals surface area contributed by atoms with Crippen molar-refractivity contribution >= 4 is 53.2 Å². The Morgan fingerprint density at radius 1 is 1.30 bits per heavy atom. The quantitative estimate of drug-likeness (QED) is 0.181. The second-order valence-electron chi connectivity index (χ2n) is 9.22. The molecule has 3 amide bonds. The summed E-state index contributed by atoms with van der Waals surface area (Å²) >= 11 is 12.0. The second-order valence-corrected chi connectivity index (χ2v) is 10.1. The maximum Gasteiger partial charge on any atom is 0.244 e. The predicted molar refractivity (Wildman–Crippen MR) is 129 cm³/mol. The largest absolute Gasteiger partial charge is 0.411 e. The molecule has 10 heteroatoms. The van der Waals surface area contributed by atoms with Gasteiger partial charge in [-0.3, -0.25) is 14.4 Å². The first-order chi connectivity index (χ1) is 15.5. The van der Waals surface area contributed by atoms with Gasteiger partial charge < -0.3 is 21.2 Å². The number of benzene rings is 1. The molecule has 1 aliphatic heterocycles. The van der Waals surface area contributed by atoms with Crippen LogP contribution in [0.4, 0.5) is 0 Å². The highest BCUT2D eigenvalue weighted by Crippen LogP contribution is 2.23. The number of hydrogen-bond donors (Lipinski definition) is 4. The number of nitrogens with one attached hydrogen (secondary N) is 3. The molecule has 4 N–H and O–H groups in total. The Kier molecular flexibility index (Phi) is 9.73. The fraction of sp³-hybridized carbons (Fsp3) is 0.478. The fourth-order valence-corrected chi connectivity index (χ4v) is 4.01. The highest BCUT2D eigenvalue weighted by molar-refractivity contribution is 6.35. The molecular weight excluding hydrogens is 467 g/mol. The summed E-state index contributed by atoms with van der Waals surface area (Å²) in [4.78, 5) is 37.5. The smallest absolute Gasteiger partial charge is 0.244 e. The third-order valence-corrected chi connectivity index (χ3v) is 5.66. The van der Waals surface area contributed by atoms with Crippen LogP contribution < -0.4 is 16.0 Å². The third-order valence-electron chi connectivity index (χ3n) is 5.10. The van der Waals surface area contributed by atoms with Crippen molar-refractivity contribution in [3.05, 3.63) is 39.9 Å². The normalized spacial score (nSPS) is 18.3. The second kappa shape index (κ2) is 12.0. The monoisotopic (exact) mass is 496 g/mol. The van der Waals surface area contributed by atoms with E-state index in [0.717, 1.165) is 0 Å². The van der Waals surface area contributed by atoms with Gasteiger partial charge in [0.15, 0.2) is 0 Å². The number of rotatable bonds is 9. The standard InChI is InChI=1S/C23H30Cl2N4O4/c1-23(2,3)12-19(29-20(30)7-5-14-4-6-16(24)11-18(14)25)22(32)28-17(13-27-33)10-15-8-9-26-21(15)31/h4-7,11,13,15,17,19,33H,8-10,12H2,1-3H3,(H,26,31)(H,28,32)(H,29,30)/b7-5+,27-13?/t15-,17?,19?/m0/s1. The van der Waals surface area contributed by atoms with Crippen molar-refractivity contribution in [1.82, 2.24) is 16.0 Å². The Morgan fingerprint density at radius 2 is 2.03 bits per heavy atom. The zero-order valence-electron chi connectivity index (χ0n) is 18.9. The van der Waals surface area contributed by atoms with Crippen LogP contribution >= 0.6 is 23.2 Å². The number of hydrogen-bond acceptors (Lipinski definition) is 5. The summed E-state index contributed by atoms with van der Waals surface area (Å²) in [6.45, 7) is 6.45. The first-order valence-corrected chi connectivity index (χ1v) is 11.4. The lowest BCUT2D eigenvalue weighted by molar-refractivity contribution is -0.128. The lowest BCUT2D eigenvalue weighted by atomic mass is 9.87. The van der Waals surface area contributed by atoms with Crippen LogP contribution in [0, 0.1) is 11.3 Å². The predicted octanol–water partition coefficient (Wildman–Crippen LogP) is 3.40. The van der Waals surface area contributed by atoms with E-state index in [0.29, 0.717) is 41.4 Å². The van der Waals surface area contributed by atoms with Gasteiger partial charge in [0.05, 0.1) is 12.3 Å². The average molecular weight is 497 g/mol. The summed E-state index contributed by atoms with van der Waals surface area (Å²) < 4.78 is 0. The van der Waals surface area contributed by atoms with Crippen LogP contribution in [0.1, 0.15) is 45.6 Å². The van der Waals surface area contributed by atoms with E-state index in [4.69, 9.17) is 28.4 Å². The number of nitrogens with zero attached hydrogens (tertiary/aromatic N) is 1. The maximum absolute atomic E-state index is 13.0. The summed E-state index contributed by atoms with van der Waals surface area (Å²) in [5, 5.41) is 21.2. The number of oxime groups is 1. The van der Waals surface area contributed by atoms with Crippen LogP contribution in [0.25, 0.3) is 6.08 Å². The first kappa shape index (κ1) is 26.7. The molecule has 0 aromatic heterocycles. The summed E-state index contributed by atoms with van der Waals surface area (Å²) in [5.74, 6) is -1.27. The molecule has 2 rings (SSSR count). The van der Waals surface area contributed by atoms with Crippen LogP contribution in [0.15, 0.2) is 29.4 Å². The summed E-state index contributed by atoms with van der Waals surface area (Å²) in [6, 6.07) is 3.43. The average Bonchev–Trinajstić information content (AvgIpc) is 3.10. The van der Waals surface area contributed by atoms with Crippen molar-refractivity contribution in [2.75, 3.05) is 6.54 Å². The van der Waals surface area contributed by atoms with Gasteiger partial charge in [0.1, 0.15) is 6.04 Å². The topological polar surface area (TPSA) is 120 Å². The molecule has 1 aromatic rings. The Labute approximate surface area is 203 Å². The van der Waals surface area contributed by atoms with Gasteiger partial charge in [0, 0.05) is 28.6 Å².